The van der Waals surface area contributed by atoms with E-state index in [-0.39, 0.29) is 29.1 Å². The Balaban J connectivity index is 1.59. The molecule has 41 heavy (non-hydrogen) atoms. The largest absolute Gasteiger partial charge is 0.356 e. The van der Waals surface area contributed by atoms with E-state index in [1.165, 1.54) is 19.3 Å². The summed E-state index contributed by atoms with van der Waals surface area (Å²) in [6.07, 6.45) is 7.37. The van der Waals surface area contributed by atoms with Crippen LogP contribution in [-0.4, -0.2) is 59.3 Å². The van der Waals surface area contributed by atoms with Gasteiger partial charge in [-0.1, -0.05) is 20.8 Å². The minimum atomic E-state index is -0.862. The predicted molar refractivity (Wildman–Crippen MR) is 162 cm³/mol. The molecular weight excluding hydrogens is 540 g/mol. The Morgan fingerprint density at radius 2 is 1.51 bits per heavy atom. The molecule has 1 unspecified atom stereocenters. The van der Waals surface area contributed by atoms with Crippen molar-refractivity contribution in [1.82, 2.24) is 26.6 Å². The summed E-state index contributed by atoms with van der Waals surface area (Å²) in [7, 11) is 0. The Hall–Kier alpha value is -2.01. The van der Waals surface area contributed by atoms with E-state index in [2.05, 4.69) is 39.2 Å². The molecule has 11 heteroatoms. The Morgan fingerprint density at radius 1 is 0.951 bits per heavy atom. The van der Waals surface area contributed by atoms with Crippen molar-refractivity contribution in [1.29, 1.82) is 0 Å². The van der Waals surface area contributed by atoms with Crippen LogP contribution in [0.3, 0.4) is 0 Å². The van der Waals surface area contributed by atoms with Gasteiger partial charge in [-0.3, -0.25) is 14.4 Å². The summed E-state index contributed by atoms with van der Waals surface area (Å²) < 4.78 is 0. The summed E-state index contributed by atoms with van der Waals surface area (Å²) in [6, 6.07) is -2.59. The molecule has 4 bridgehead atoms. The first kappa shape index (κ1) is 31.9. The second-order valence-electron chi connectivity index (χ2n) is 15.5. The van der Waals surface area contributed by atoms with Crippen molar-refractivity contribution in [2.45, 2.75) is 122 Å². The number of nitrogens with two attached hydrogens (primary N) is 1. The number of amides is 5. The van der Waals surface area contributed by atoms with Gasteiger partial charge >= 0.3 is 6.03 Å². The van der Waals surface area contributed by atoms with Gasteiger partial charge in [0.05, 0.1) is 11.4 Å². The molecule has 1 aliphatic heterocycles. The van der Waals surface area contributed by atoms with Crippen LogP contribution in [0, 0.1) is 34.5 Å². The first-order valence-electron chi connectivity index (χ1n) is 15.4. The Kier molecular flexibility index (Phi) is 9.29. The third-order valence-electron chi connectivity index (χ3n) is 9.58. The SMILES string of the molecule is CC(C)(C)NC(=O)N[C@H](C(=O)N[C@H](C(=O)N[C@@H](C[C@@H]1CCNC1=O)C(N)S)C12CC3CC(CC(C3)C1)C2)C(C)(C)C. The molecule has 5 amide bonds. The van der Waals surface area contributed by atoms with Gasteiger partial charge in [0.2, 0.25) is 17.7 Å². The topological polar surface area (TPSA) is 154 Å². The molecular formula is C30H52N6O4S. The first-order valence-corrected chi connectivity index (χ1v) is 15.9. The maximum absolute atomic E-state index is 14.2. The zero-order valence-electron chi connectivity index (χ0n) is 25.6. The van der Waals surface area contributed by atoms with Gasteiger partial charge in [-0.25, -0.2) is 4.79 Å². The molecule has 10 nitrogen and oxygen atoms in total. The number of carbonyl (C=O) groups is 4. The van der Waals surface area contributed by atoms with Crippen LogP contribution < -0.4 is 32.3 Å². The van der Waals surface area contributed by atoms with Crippen molar-refractivity contribution < 1.29 is 19.2 Å². The number of carbonyl (C=O) groups excluding carboxylic acids is 4. The molecule has 4 aliphatic carbocycles. The van der Waals surface area contributed by atoms with Crippen LogP contribution >= 0.6 is 12.6 Å². The summed E-state index contributed by atoms with van der Waals surface area (Å²) in [5.74, 6) is 0.769. The third kappa shape index (κ3) is 7.69. The van der Waals surface area contributed by atoms with Gasteiger partial charge in [0.1, 0.15) is 12.1 Å². The van der Waals surface area contributed by atoms with E-state index in [1.54, 1.807) is 0 Å². The van der Waals surface area contributed by atoms with Gasteiger partial charge in [-0.15, -0.1) is 0 Å². The van der Waals surface area contributed by atoms with E-state index in [0.717, 1.165) is 19.3 Å². The van der Waals surface area contributed by atoms with Gasteiger partial charge in [-0.05, 0) is 95.3 Å². The van der Waals surface area contributed by atoms with Gasteiger partial charge < -0.3 is 32.3 Å². The van der Waals surface area contributed by atoms with Crippen molar-refractivity contribution in [2.24, 2.45) is 40.2 Å². The zero-order valence-corrected chi connectivity index (χ0v) is 26.5. The lowest BCUT2D eigenvalue weighted by molar-refractivity contribution is -0.143. The lowest BCUT2D eigenvalue weighted by Gasteiger charge is -2.59. The molecule has 0 aromatic carbocycles. The molecule has 5 aliphatic rings. The molecule has 0 radical (unpaired) electrons. The highest BCUT2D eigenvalue weighted by Crippen LogP contribution is 2.61. The van der Waals surface area contributed by atoms with Crippen LogP contribution in [0.1, 0.15) is 92.9 Å². The van der Waals surface area contributed by atoms with E-state index in [9.17, 15) is 19.2 Å². The fourth-order valence-corrected chi connectivity index (χ4v) is 8.36. The minimum Gasteiger partial charge on any atom is -0.356 e. The number of hydrogen-bond acceptors (Lipinski definition) is 6. The summed E-state index contributed by atoms with van der Waals surface area (Å²) in [6.45, 7) is 11.9. The Labute approximate surface area is 250 Å². The number of rotatable bonds is 9. The molecule has 5 atom stereocenters. The van der Waals surface area contributed by atoms with Crippen LogP contribution in [0.2, 0.25) is 0 Å². The second-order valence-corrected chi connectivity index (χ2v) is 16.1. The van der Waals surface area contributed by atoms with Crippen molar-refractivity contribution >= 4 is 36.4 Å². The quantitative estimate of drug-likeness (QED) is 0.162. The fraction of sp³-hybridized carbons (Fsp3) is 0.867. The summed E-state index contributed by atoms with van der Waals surface area (Å²) in [5, 5.41) is 14.2. The van der Waals surface area contributed by atoms with Crippen molar-refractivity contribution in [3.8, 4) is 0 Å². The molecule has 1 saturated heterocycles. The molecule has 7 N–H and O–H groups in total. The summed E-state index contributed by atoms with van der Waals surface area (Å²) >= 11 is 4.46. The second kappa shape index (κ2) is 11.9. The predicted octanol–water partition coefficient (Wildman–Crippen LogP) is 2.43. The average Bonchev–Trinajstić information content (AvgIpc) is 3.21. The monoisotopic (exact) mass is 592 g/mol. The molecule has 5 rings (SSSR count). The Morgan fingerprint density at radius 3 is 1.95 bits per heavy atom. The van der Waals surface area contributed by atoms with Crippen LogP contribution in [0.4, 0.5) is 4.79 Å². The number of hydrogen-bond donors (Lipinski definition) is 7. The van der Waals surface area contributed by atoms with E-state index in [1.807, 2.05) is 41.5 Å². The van der Waals surface area contributed by atoms with E-state index in [0.29, 0.717) is 37.1 Å². The van der Waals surface area contributed by atoms with Crippen molar-refractivity contribution in [3.63, 3.8) is 0 Å². The number of thiol groups is 1. The van der Waals surface area contributed by atoms with Crippen LogP contribution in [0.25, 0.3) is 0 Å². The van der Waals surface area contributed by atoms with E-state index >= 15 is 0 Å². The third-order valence-corrected chi connectivity index (χ3v) is 9.94. The molecule has 0 spiro atoms. The zero-order chi connectivity index (χ0) is 30.3. The number of nitrogens with one attached hydrogen (secondary N) is 5. The van der Waals surface area contributed by atoms with E-state index < -0.39 is 40.5 Å². The fourth-order valence-electron chi connectivity index (χ4n) is 8.16. The number of urea groups is 1. The van der Waals surface area contributed by atoms with Crippen molar-refractivity contribution in [2.75, 3.05) is 6.54 Å². The lowest BCUT2D eigenvalue weighted by Crippen LogP contribution is -2.66. The Bertz CT molecular complexity index is 984. The summed E-state index contributed by atoms with van der Waals surface area (Å²) in [5.41, 5.74) is 4.78. The van der Waals surface area contributed by atoms with E-state index in [4.69, 9.17) is 5.73 Å². The molecule has 0 aromatic heterocycles. The maximum atomic E-state index is 14.2. The van der Waals surface area contributed by atoms with Gasteiger partial charge in [0.25, 0.3) is 0 Å². The average molecular weight is 593 g/mol. The highest BCUT2D eigenvalue weighted by atomic mass is 32.1. The first-order chi connectivity index (χ1) is 19.0. The van der Waals surface area contributed by atoms with Crippen LogP contribution in [-0.2, 0) is 14.4 Å². The molecule has 4 saturated carbocycles. The van der Waals surface area contributed by atoms with Crippen molar-refractivity contribution in [3.05, 3.63) is 0 Å². The molecule has 1 heterocycles. The van der Waals surface area contributed by atoms with Gasteiger partial charge in [0, 0.05) is 23.4 Å². The van der Waals surface area contributed by atoms with Gasteiger partial charge in [0.15, 0.2) is 0 Å². The molecule has 5 fully saturated rings. The maximum Gasteiger partial charge on any atom is 0.315 e. The molecule has 0 aromatic rings. The summed E-state index contributed by atoms with van der Waals surface area (Å²) in [4.78, 5) is 53.4. The lowest BCUT2D eigenvalue weighted by atomic mass is 9.47. The smallest absolute Gasteiger partial charge is 0.315 e. The van der Waals surface area contributed by atoms with Crippen LogP contribution in [0.5, 0.6) is 0 Å². The normalized spacial score (nSPS) is 32.0. The highest BCUT2D eigenvalue weighted by Gasteiger charge is 2.57. The molecule has 232 valence electrons. The standard InChI is InChI=1S/C30H52N6O4S/c1-28(2,3)21(35-27(40)36-29(4,5)6)25(38)34-22(30-13-16-9-17(14-30)11-18(10-16)15-30)26(39)33-20(23(31)41)12-19-7-8-32-24(19)37/h16-23,41H,7-15,31H2,1-6H3,(H,32,37)(H,33,39)(H,34,38)(H2,35,36,40)/t16?,17?,18?,19-,20-,21+,22+,23?,30?/m0/s1. The highest BCUT2D eigenvalue weighted by molar-refractivity contribution is 7.80. The van der Waals surface area contributed by atoms with Crippen LogP contribution in [0.15, 0.2) is 0 Å². The minimum absolute atomic E-state index is 0.0307. The van der Waals surface area contributed by atoms with Gasteiger partial charge in [-0.2, -0.15) is 12.6 Å².